The number of sulfonamides is 1. The monoisotopic (exact) mass is 419 g/mol. The first-order valence-corrected chi connectivity index (χ1v) is 10.4. The molecule has 0 unspecified atom stereocenters. The fourth-order valence-electron chi connectivity index (χ4n) is 2.57. The van der Waals surface area contributed by atoms with Crippen molar-refractivity contribution in [1.82, 2.24) is 4.72 Å². The van der Waals surface area contributed by atoms with Crippen LogP contribution in [-0.2, 0) is 21.4 Å². The molecule has 0 radical (unpaired) electrons. The first kappa shape index (κ1) is 22.6. The van der Waals surface area contributed by atoms with Crippen LogP contribution in [0.4, 0.5) is 0 Å². The van der Waals surface area contributed by atoms with Gasteiger partial charge in [-0.3, -0.25) is 4.79 Å². The van der Waals surface area contributed by atoms with Gasteiger partial charge in [0.25, 0.3) is 0 Å². The van der Waals surface area contributed by atoms with Gasteiger partial charge in [-0.2, -0.15) is 0 Å². The number of methoxy groups -OCH3 is 1. The lowest BCUT2D eigenvalue weighted by Crippen LogP contribution is -2.40. The van der Waals surface area contributed by atoms with Crippen molar-refractivity contribution in [2.45, 2.75) is 44.7 Å². The van der Waals surface area contributed by atoms with Gasteiger partial charge in [-0.15, -0.1) is 0 Å². The summed E-state index contributed by atoms with van der Waals surface area (Å²) in [6.07, 6.45) is 0. The Hall–Kier alpha value is -2.71. The van der Waals surface area contributed by atoms with E-state index in [-0.39, 0.29) is 22.8 Å². The molecule has 0 aromatic heterocycles. The van der Waals surface area contributed by atoms with Crippen LogP contribution < -0.4 is 9.46 Å². The van der Waals surface area contributed by atoms with Crippen LogP contribution in [-0.4, -0.2) is 32.8 Å². The summed E-state index contributed by atoms with van der Waals surface area (Å²) < 4.78 is 37.7. The molecule has 0 aliphatic rings. The summed E-state index contributed by atoms with van der Waals surface area (Å²) in [5, 5.41) is 0. The molecular formula is C21H25NO6S. The van der Waals surface area contributed by atoms with E-state index in [2.05, 4.69) is 4.72 Å². The number of nitrogens with one attached hydrogen (secondary N) is 1. The van der Waals surface area contributed by atoms with Gasteiger partial charge in [0.1, 0.15) is 12.4 Å². The Morgan fingerprint density at radius 2 is 1.59 bits per heavy atom. The molecule has 156 valence electrons. The quantitative estimate of drug-likeness (QED) is 0.546. The maximum atomic E-state index is 12.3. The fourth-order valence-corrected chi connectivity index (χ4v) is 3.99. The third kappa shape index (κ3) is 6.13. The Balaban J connectivity index is 2.13. The van der Waals surface area contributed by atoms with E-state index in [1.807, 2.05) is 0 Å². The summed E-state index contributed by atoms with van der Waals surface area (Å²) in [6.45, 7) is 6.58. The SMILES string of the molecule is COc1ccc(C(C)=O)cc1COC(=O)c1ccc(S(=O)(=O)NC(C)(C)C)cc1. The van der Waals surface area contributed by atoms with Gasteiger partial charge < -0.3 is 9.47 Å². The fraction of sp³-hybridized carbons (Fsp3) is 0.333. The van der Waals surface area contributed by atoms with Gasteiger partial charge in [0.05, 0.1) is 17.6 Å². The van der Waals surface area contributed by atoms with Crippen LogP contribution in [0.2, 0.25) is 0 Å². The molecule has 7 nitrogen and oxygen atoms in total. The first-order valence-electron chi connectivity index (χ1n) is 8.92. The summed E-state index contributed by atoms with van der Waals surface area (Å²) in [7, 11) is -2.20. The lowest BCUT2D eigenvalue weighted by atomic mass is 10.1. The van der Waals surface area contributed by atoms with Gasteiger partial charge in [-0.25, -0.2) is 17.9 Å². The zero-order valence-electron chi connectivity index (χ0n) is 17.1. The van der Waals surface area contributed by atoms with Crippen LogP contribution in [0.15, 0.2) is 47.4 Å². The molecule has 0 heterocycles. The van der Waals surface area contributed by atoms with E-state index in [1.54, 1.807) is 39.0 Å². The molecule has 0 aliphatic carbocycles. The molecule has 0 saturated carbocycles. The highest BCUT2D eigenvalue weighted by molar-refractivity contribution is 7.89. The van der Waals surface area contributed by atoms with Gasteiger partial charge in [0.2, 0.25) is 10.0 Å². The molecule has 0 bridgehead atoms. The molecule has 0 aliphatic heterocycles. The Labute approximate surface area is 171 Å². The van der Waals surface area contributed by atoms with E-state index < -0.39 is 21.5 Å². The van der Waals surface area contributed by atoms with Crippen molar-refractivity contribution in [2.24, 2.45) is 0 Å². The molecule has 0 atom stereocenters. The molecule has 0 spiro atoms. The number of hydrogen-bond acceptors (Lipinski definition) is 6. The Morgan fingerprint density at radius 3 is 2.10 bits per heavy atom. The summed E-state index contributed by atoms with van der Waals surface area (Å²) in [4.78, 5) is 23.9. The zero-order valence-corrected chi connectivity index (χ0v) is 17.9. The molecule has 2 aromatic rings. The van der Waals surface area contributed by atoms with Crippen molar-refractivity contribution in [3.8, 4) is 5.75 Å². The third-order valence-corrected chi connectivity index (χ3v) is 5.66. The van der Waals surface area contributed by atoms with E-state index in [0.717, 1.165) is 0 Å². The number of carbonyl (C=O) groups is 2. The largest absolute Gasteiger partial charge is 0.496 e. The van der Waals surface area contributed by atoms with E-state index in [9.17, 15) is 18.0 Å². The number of ether oxygens (including phenoxy) is 2. The second-order valence-electron chi connectivity index (χ2n) is 7.54. The number of esters is 1. The standard InChI is InChI=1S/C21H25NO6S/c1-14(23)16-8-11-19(27-5)17(12-16)13-28-20(24)15-6-9-18(10-7-15)29(25,26)22-21(2,3)4/h6-12,22H,13H2,1-5H3. The minimum absolute atomic E-state index is 0.0554. The first-order chi connectivity index (χ1) is 13.4. The molecule has 29 heavy (non-hydrogen) atoms. The number of ketones is 1. The molecule has 1 N–H and O–H groups in total. The lowest BCUT2D eigenvalue weighted by Gasteiger charge is -2.20. The Bertz CT molecular complexity index is 1000. The zero-order chi connectivity index (χ0) is 21.8. The molecule has 0 saturated heterocycles. The second-order valence-corrected chi connectivity index (χ2v) is 9.22. The third-order valence-electron chi connectivity index (χ3n) is 3.89. The number of rotatable bonds is 7. The minimum atomic E-state index is -3.69. The summed E-state index contributed by atoms with van der Waals surface area (Å²) in [5.74, 6) is -0.230. The van der Waals surface area contributed by atoms with E-state index in [4.69, 9.17) is 9.47 Å². The smallest absolute Gasteiger partial charge is 0.338 e. The number of Topliss-reactive ketones (excluding diaryl/α,β-unsaturated/α-hetero) is 1. The van der Waals surface area contributed by atoms with E-state index >= 15 is 0 Å². The average molecular weight is 419 g/mol. The van der Waals surface area contributed by atoms with Crippen LogP contribution in [0.5, 0.6) is 5.75 Å². The van der Waals surface area contributed by atoms with Crippen molar-refractivity contribution in [3.63, 3.8) is 0 Å². The van der Waals surface area contributed by atoms with E-state index in [1.165, 1.54) is 38.3 Å². The Morgan fingerprint density at radius 1 is 1.00 bits per heavy atom. The molecule has 2 rings (SSSR count). The summed E-state index contributed by atoms with van der Waals surface area (Å²) in [5.41, 5.74) is 0.630. The normalized spacial score (nSPS) is 11.8. The predicted octanol–water partition coefficient (Wildman–Crippen LogP) is 3.33. The van der Waals surface area contributed by atoms with Crippen molar-refractivity contribution >= 4 is 21.8 Å². The van der Waals surface area contributed by atoms with Gasteiger partial charge in [-0.1, -0.05) is 0 Å². The van der Waals surface area contributed by atoms with Gasteiger partial charge in [0.15, 0.2) is 5.78 Å². The molecular weight excluding hydrogens is 394 g/mol. The highest BCUT2D eigenvalue weighted by Gasteiger charge is 2.22. The minimum Gasteiger partial charge on any atom is -0.496 e. The molecule has 0 fully saturated rings. The number of hydrogen-bond donors (Lipinski definition) is 1. The van der Waals surface area contributed by atoms with Crippen molar-refractivity contribution < 1.29 is 27.5 Å². The topological polar surface area (TPSA) is 98.8 Å². The summed E-state index contributed by atoms with van der Waals surface area (Å²) >= 11 is 0. The summed E-state index contributed by atoms with van der Waals surface area (Å²) in [6, 6.07) is 10.4. The molecule has 0 amide bonds. The van der Waals surface area contributed by atoms with Crippen LogP contribution in [0.3, 0.4) is 0 Å². The number of carbonyl (C=O) groups excluding carboxylic acids is 2. The van der Waals surface area contributed by atoms with Gasteiger partial charge in [-0.05, 0) is 70.2 Å². The average Bonchev–Trinajstić information content (AvgIpc) is 2.64. The van der Waals surface area contributed by atoms with Gasteiger partial charge >= 0.3 is 5.97 Å². The van der Waals surface area contributed by atoms with Crippen molar-refractivity contribution in [3.05, 3.63) is 59.2 Å². The highest BCUT2D eigenvalue weighted by atomic mass is 32.2. The lowest BCUT2D eigenvalue weighted by molar-refractivity contribution is 0.0470. The van der Waals surface area contributed by atoms with Crippen molar-refractivity contribution in [2.75, 3.05) is 7.11 Å². The van der Waals surface area contributed by atoms with Gasteiger partial charge in [0, 0.05) is 16.7 Å². The van der Waals surface area contributed by atoms with Crippen molar-refractivity contribution in [1.29, 1.82) is 0 Å². The number of benzene rings is 2. The van der Waals surface area contributed by atoms with Crippen LogP contribution >= 0.6 is 0 Å². The van der Waals surface area contributed by atoms with E-state index in [0.29, 0.717) is 16.9 Å². The predicted molar refractivity (Wildman–Crippen MR) is 109 cm³/mol. The van der Waals surface area contributed by atoms with Crippen LogP contribution in [0.25, 0.3) is 0 Å². The highest BCUT2D eigenvalue weighted by Crippen LogP contribution is 2.22. The van der Waals surface area contributed by atoms with Crippen LogP contribution in [0, 0.1) is 0 Å². The maximum absolute atomic E-state index is 12.3. The van der Waals surface area contributed by atoms with Crippen LogP contribution in [0.1, 0.15) is 54.0 Å². The second kappa shape index (κ2) is 8.75. The molecule has 2 aromatic carbocycles. The molecule has 8 heteroatoms. The maximum Gasteiger partial charge on any atom is 0.338 e. The Kier molecular flexibility index (Phi) is 6.81.